The third-order valence-corrected chi connectivity index (χ3v) is 7.42. The van der Waals surface area contributed by atoms with E-state index in [9.17, 15) is 4.79 Å². The molecule has 0 heterocycles. The van der Waals surface area contributed by atoms with Gasteiger partial charge in [0.1, 0.15) is 5.78 Å². The molecule has 0 aromatic carbocycles. The third-order valence-electron chi connectivity index (χ3n) is 7.42. The molecule has 0 aliphatic carbocycles. The summed E-state index contributed by atoms with van der Waals surface area (Å²) in [4.78, 5) is 12.1. The zero-order chi connectivity index (χ0) is 24.8. The minimum Gasteiger partial charge on any atom is -0.396 e. The Morgan fingerprint density at radius 1 is 0.382 bits per heavy atom. The zero-order valence-electron chi connectivity index (χ0n) is 23.6. The number of aliphatic hydroxyl groups excluding tert-OH is 1. The van der Waals surface area contributed by atoms with Crippen molar-refractivity contribution in [2.45, 2.75) is 193 Å². The van der Waals surface area contributed by atoms with Crippen LogP contribution in [0.3, 0.4) is 0 Å². The number of unbranched alkanes of at least 4 members (excludes halogenated alkanes) is 25. The van der Waals surface area contributed by atoms with Crippen molar-refractivity contribution in [2.24, 2.45) is 0 Å². The first-order chi connectivity index (χ1) is 16.8. The molecule has 2 heteroatoms. The molecule has 0 unspecified atom stereocenters. The highest BCUT2D eigenvalue weighted by atomic mass is 16.2. The second-order valence-corrected chi connectivity index (χ2v) is 11.0. The lowest BCUT2D eigenvalue weighted by molar-refractivity contribution is -0.119. The van der Waals surface area contributed by atoms with Gasteiger partial charge in [0.2, 0.25) is 0 Å². The van der Waals surface area contributed by atoms with Crippen LogP contribution < -0.4 is 0 Å². The Labute approximate surface area is 215 Å². The summed E-state index contributed by atoms with van der Waals surface area (Å²) in [6.07, 6.45) is 37.7. The summed E-state index contributed by atoms with van der Waals surface area (Å²) in [5.74, 6) is 0.510. The van der Waals surface area contributed by atoms with Gasteiger partial charge in [0.05, 0.1) is 0 Å². The van der Waals surface area contributed by atoms with Gasteiger partial charge in [-0.3, -0.25) is 4.79 Å². The Bertz CT molecular complexity index is 379. The molecule has 0 radical (unpaired) electrons. The van der Waals surface area contributed by atoms with Crippen LogP contribution in [-0.4, -0.2) is 17.5 Å². The predicted molar refractivity (Wildman–Crippen MR) is 152 cm³/mol. The fourth-order valence-corrected chi connectivity index (χ4v) is 5.02. The van der Waals surface area contributed by atoms with E-state index in [0.717, 1.165) is 32.1 Å². The Balaban J connectivity index is 3.14. The SMILES string of the molecule is CCCCCCCCCCCCCCCCCC(=O)CCCCCCCCCCCCCCO. The van der Waals surface area contributed by atoms with Gasteiger partial charge >= 0.3 is 0 Å². The van der Waals surface area contributed by atoms with Crippen molar-refractivity contribution < 1.29 is 9.90 Å². The van der Waals surface area contributed by atoms with Crippen molar-refractivity contribution in [1.82, 2.24) is 0 Å². The summed E-state index contributed by atoms with van der Waals surface area (Å²) >= 11 is 0. The summed E-state index contributed by atoms with van der Waals surface area (Å²) < 4.78 is 0. The smallest absolute Gasteiger partial charge is 0.132 e. The van der Waals surface area contributed by atoms with E-state index >= 15 is 0 Å². The Hall–Kier alpha value is -0.370. The molecule has 1 N–H and O–H groups in total. The molecule has 34 heavy (non-hydrogen) atoms. The molecular formula is C32H64O2. The average molecular weight is 481 g/mol. The molecule has 0 aromatic heterocycles. The molecule has 2 nitrogen and oxygen atoms in total. The van der Waals surface area contributed by atoms with Crippen LogP contribution in [0.15, 0.2) is 0 Å². The van der Waals surface area contributed by atoms with Gasteiger partial charge < -0.3 is 5.11 Å². The maximum absolute atomic E-state index is 12.1. The van der Waals surface area contributed by atoms with Crippen LogP contribution in [0.4, 0.5) is 0 Å². The van der Waals surface area contributed by atoms with Gasteiger partial charge in [0.25, 0.3) is 0 Å². The van der Waals surface area contributed by atoms with Gasteiger partial charge in [-0.1, -0.05) is 161 Å². The van der Waals surface area contributed by atoms with Crippen LogP contribution in [0.1, 0.15) is 193 Å². The zero-order valence-corrected chi connectivity index (χ0v) is 23.6. The van der Waals surface area contributed by atoms with Crippen molar-refractivity contribution in [3.63, 3.8) is 0 Å². The highest BCUT2D eigenvalue weighted by molar-refractivity contribution is 5.78. The number of carbonyl (C=O) groups is 1. The van der Waals surface area contributed by atoms with E-state index in [-0.39, 0.29) is 0 Å². The first-order valence-electron chi connectivity index (χ1n) is 15.9. The Morgan fingerprint density at radius 3 is 0.882 bits per heavy atom. The van der Waals surface area contributed by atoms with Gasteiger partial charge in [0, 0.05) is 19.4 Å². The highest BCUT2D eigenvalue weighted by Gasteiger charge is 2.02. The van der Waals surface area contributed by atoms with E-state index in [4.69, 9.17) is 5.11 Å². The number of Topliss-reactive ketones (excluding diaryl/α,β-unsaturated/α-hetero) is 1. The van der Waals surface area contributed by atoms with Gasteiger partial charge in [-0.25, -0.2) is 0 Å². The second-order valence-electron chi connectivity index (χ2n) is 11.0. The first kappa shape index (κ1) is 33.6. The normalized spacial score (nSPS) is 11.4. The van der Waals surface area contributed by atoms with Gasteiger partial charge in [-0.05, 0) is 19.3 Å². The van der Waals surface area contributed by atoms with E-state index in [0.29, 0.717) is 12.4 Å². The van der Waals surface area contributed by atoms with Crippen LogP contribution in [0.5, 0.6) is 0 Å². The van der Waals surface area contributed by atoms with Crippen LogP contribution in [0, 0.1) is 0 Å². The van der Waals surface area contributed by atoms with Gasteiger partial charge in [-0.2, -0.15) is 0 Å². The quantitative estimate of drug-likeness (QED) is 0.104. The summed E-state index contributed by atoms with van der Waals surface area (Å²) in [5, 5.41) is 8.76. The minimum atomic E-state index is 0.352. The molecule has 0 atom stereocenters. The maximum atomic E-state index is 12.1. The summed E-state index contributed by atoms with van der Waals surface area (Å²) in [6, 6.07) is 0. The van der Waals surface area contributed by atoms with E-state index in [2.05, 4.69) is 6.92 Å². The molecule has 0 fully saturated rings. The standard InChI is InChI=1S/C32H64O2/c1-2-3-4-5-6-7-8-9-10-11-14-17-20-23-26-29-32(34)30-27-24-21-18-15-12-13-16-19-22-25-28-31-33/h33H,2-31H2,1H3. The molecule has 0 spiro atoms. The lowest BCUT2D eigenvalue weighted by Gasteiger charge is -2.04. The number of aliphatic hydroxyl groups is 1. The molecule has 0 aromatic rings. The Morgan fingerprint density at radius 2 is 0.618 bits per heavy atom. The van der Waals surface area contributed by atoms with Crippen molar-refractivity contribution in [3.8, 4) is 0 Å². The monoisotopic (exact) mass is 480 g/mol. The molecule has 0 bridgehead atoms. The van der Waals surface area contributed by atoms with Crippen LogP contribution >= 0.6 is 0 Å². The summed E-state index contributed by atoms with van der Waals surface area (Å²) in [6.45, 7) is 2.64. The molecule has 0 aliphatic heterocycles. The topological polar surface area (TPSA) is 37.3 Å². The predicted octanol–water partition coefficient (Wildman–Crippen LogP) is 10.9. The van der Waals surface area contributed by atoms with Crippen molar-refractivity contribution in [3.05, 3.63) is 0 Å². The number of hydrogen-bond donors (Lipinski definition) is 1. The second kappa shape index (κ2) is 30.7. The summed E-state index contributed by atoms with van der Waals surface area (Å²) in [7, 11) is 0. The number of carbonyl (C=O) groups excluding carboxylic acids is 1. The fourth-order valence-electron chi connectivity index (χ4n) is 5.02. The first-order valence-corrected chi connectivity index (χ1v) is 15.9. The lowest BCUT2D eigenvalue weighted by atomic mass is 10.0. The van der Waals surface area contributed by atoms with Crippen LogP contribution in [-0.2, 0) is 4.79 Å². The summed E-state index contributed by atoms with van der Waals surface area (Å²) in [5.41, 5.74) is 0. The number of rotatable bonds is 30. The van der Waals surface area contributed by atoms with Gasteiger partial charge in [0.15, 0.2) is 0 Å². The maximum Gasteiger partial charge on any atom is 0.132 e. The molecule has 0 saturated carbocycles. The van der Waals surface area contributed by atoms with E-state index in [1.807, 2.05) is 0 Å². The van der Waals surface area contributed by atoms with Crippen molar-refractivity contribution in [1.29, 1.82) is 0 Å². The lowest BCUT2D eigenvalue weighted by Crippen LogP contribution is -1.97. The minimum absolute atomic E-state index is 0.352. The largest absolute Gasteiger partial charge is 0.396 e. The van der Waals surface area contributed by atoms with Crippen LogP contribution in [0.25, 0.3) is 0 Å². The number of ketones is 1. The van der Waals surface area contributed by atoms with Crippen molar-refractivity contribution in [2.75, 3.05) is 6.61 Å². The number of hydrogen-bond acceptors (Lipinski definition) is 2. The van der Waals surface area contributed by atoms with Crippen LogP contribution in [0.2, 0.25) is 0 Å². The third kappa shape index (κ3) is 29.7. The highest BCUT2D eigenvalue weighted by Crippen LogP contribution is 2.15. The van der Waals surface area contributed by atoms with E-state index in [1.54, 1.807) is 0 Å². The fraction of sp³-hybridized carbons (Fsp3) is 0.969. The molecular weight excluding hydrogens is 416 g/mol. The van der Waals surface area contributed by atoms with E-state index in [1.165, 1.54) is 154 Å². The molecule has 0 rings (SSSR count). The average Bonchev–Trinajstić information content (AvgIpc) is 2.84. The molecule has 0 aliphatic rings. The molecule has 0 saturated heterocycles. The van der Waals surface area contributed by atoms with Crippen molar-refractivity contribution >= 4 is 5.78 Å². The molecule has 0 amide bonds. The van der Waals surface area contributed by atoms with Gasteiger partial charge in [-0.15, -0.1) is 0 Å². The van der Waals surface area contributed by atoms with E-state index < -0.39 is 0 Å². The molecule has 204 valence electrons. The Kier molecular flexibility index (Phi) is 30.3.